The summed E-state index contributed by atoms with van der Waals surface area (Å²) in [5, 5.41) is 15.5. The van der Waals surface area contributed by atoms with Gasteiger partial charge in [0.2, 0.25) is 0 Å². The Morgan fingerprint density at radius 1 is 1.45 bits per heavy atom. The van der Waals surface area contributed by atoms with Crippen LogP contribution >= 0.6 is 0 Å². The molecule has 2 N–H and O–H groups in total. The molecule has 0 radical (unpaired) electrons. The Morgan fingerprint density at radius 2 is 2.32 bits per heavy atom. The van der Waals surface area contributed by atoms with Crippen molar-refractivity contribution in [3.8, 4) is 0 Å². The molecule has 0 saturated carbocycles. The fourth-order valence-electron chi connectivity index (χ4n) is 3.11. The largest absolute Gasteiger partial charge is 0.360 e. The second-order valence-electron chi connectivity index (χ2n) is 5.84. The zero-order valence-corrected chi connectivity index (χ0v) is 12.8. The van der Waals surface area contributed by atoms with Gasteiger partial charge in [-0.3, -0.25) is 10.1 Å². The van der Waals surface area contributed by atoms with Crippen molar-refractivity contribution < 1.29 is 4.92 Å². The molecular weight excluding hydrogens is 278 g/mol. The summed E-state index contributed by atoms with van der Waals surface area (Å²) < 4.78 is 0. The van der Waals surface area contributed by atoms with Crippen LogP contribution in [0.4, 0.5) is 5.69 Å². The van der Waals surface area contributed by atoms with Gasteiger partial charge in [0.05, 0.1) is 10.4 Å². The summed E-state index contributed by atoms with van der Waals surface area (Å²) >= 11 is 0. The number of hydrogen-bond donors (Lipinski definition) is 2. The molecule has 2 aromatic rings. The van der Waals surface area contributed by atoms with E-state index in [0.29, 0.717) is 6.04 Å². The molecule has 0 spiro atoms. The molecule has 0 aliphatic heterocycles. The summed E-state index contributed by atoms with van der Waals surface area (Å²) in [4.78, 5) is 13.7. The first kappa shape index (κ1) is 14.8. The summed E-state index contributed by atoms with van der Waals surface area (Å²) in [5.74, 6) is 0. The van der Waals surface area contributed by atoms with E-state index in [4.69, 9.17) is 0 Å². The molecule has 116 valence electrons. The second kappa shape index (κ2) is 6.32. The summed E-state index contributed by atoms with van der Waals surface area (Å²) in [6.07, 6.45) is 8.68. The van der Waals surface area contributed by atoms with Crippen molar-refractivity contribution in [2.45, 2.75) is 38.6 Å². The lowest BCUT2D eigenvalue weighted by Crippen LogP contribution is -2.30. The number of non-ortho nitro benzene ring substituents is 1. The third-order valence-electron chi connectivity index (χ3n) is 4.32. The van der Waals surface area contributed by atoms with E-state index in [0.717, 1.165) is 43.1 Å². The van der Waals surface area contributed by atoms with Crippen LogP contribution < -0.4 is 5.32 Å². The van der Waals surface area contributed by atoms with E-state index in [1.165, 1.54) is 11.1 Å². The first-order valence-electron chi connectivity index (χ1n) is 7.87. The number of benzene rings is 1. The summed E-state index contributed by atoms with van der Waals surface area (Å²) in [6.45, 7) is 3.26. The highest BCUT2D eigenvalue weighted by Crippen LogP contribution is 2.33. The van der Waals surface area contributed by atoms with Crippen LogP contribution in [0, 0.1) is 10.1 Å². The van der Waals surface area contributed by atoms with Crippen molar-refractivity contribution in [2.75, 3.05) is 6.54 Å². The number of fused-ring (bicyclic) bond motifs is 1. The van der Waals surface area contributed by atoms with Crippen LogP contribution in [0.15, 0.2) is 30.5 Å². The Hall–Kier alpha value is -2.14. The van der Waals surface area contributed by atoms with E-state index < -0.39 is 0 Å². The lowest BCUT2D eigenvalue weighted by Gasteiger charge is -2.22. The maximum atomic E-state index is 10.8. The van der Waals surface area contributed by atoms with Crippen LogP contribution in [-0.4, -0.2) is 22.5 Å². The molecule has 3 rings (SSSR count). The molecule has 5 nitrogen and oxygen atoms in total. The van der Waals surface area contributed by atoms with E-state index in [-0.39, 0.29) is 10.6 Å². The number of rotatable bonds is 5. The number of nitro groups is 1. The van der Waals surface area contributed by atoms with Gasteiger partial charge >= 0.3 is 0 Å². The minimum absolute atomic E-state index is 0.127. The van der Waals surface area contributed by atoms with Gasteiger partial charge in [0, 0.05) is 35.3 Å². The van der Waals surface area contributed by atoms with E-state index in [1.807, 2.05) is 12.3 Å². The Kier molecular flexibility index (Phi) is 4.24. The van der Waals surface area contributed by atoms with E-state index >= 15 is 0 Å². The summed E-state index contributed by atoms with van der Waals surface area (Å²) in [7, 11) is 0. The van der Waals surface area contributed by atoms with Crippen molar-refractivity contribution in [1.29, 1.82) is 0 Å². The van der Waals surface area contributed by atoms with Crippen molar-refractivity contribution in [3.63, 3.8) is 0 Å². The standard InChI is InChI=1S/C17H21N3O2/c1-2-9-18-13-5-3-12(4-6-13)16-11-19-17-10-14(20(21)22)7-8-15(16)17/h3,7-8,10-11,13,18-19H,2,4-6,9H2,1H3. The Labute approximate surface area is 129 Å². The molecule has 1 aromatic carbocycles. The van der Waals surface area contributed by atoms with Gasteiger partial charge in [0.25, 0.3) is 5.69 Å². The average molecular weight is 299 g/mol. The van der Waals surface area contributed by atoms with Crippen LogP contribution in [0.2, 0.25) is 0 Å². The maximum absolute atomic E-state index is 10.8. The van der Waals surface area contributed by atoms with Gasteiger partial charge in [-0.05, 0) is 43.9 Å². The molecule has 22 heavy (non-hydrogen) atoms. The highest BCUT2D eigenvalue weighted by atomic mass is 16.6. The quantitative estimate of drug-likeness (QED) is 0.647. The third kappa shape index (κ3) is 2.90. The Morgan fingerprint density at radius 3 is 3.00 bits per heavy atom. The van der Waals surface area contributed by atoms with Crippen molar-refractivity contribution in [1.82, 2.24) is 10.3 Å². The van der Waals surface area contributed by atoms with Crippen molar-refractivity contribution >= 4 is 22.2 Å². The highest BCUT2D eigenvalue weighted by molar-refractivity contribution is 5.93. The maximum Gasteiger partial charge on any atom is 0.271 e. The van der Waals surface area contributed by atoms with Crippen molar-refractivity contribution in [3.05, 3.63) is 46.1 Å². The van der Waals surface area contributed by atoms with Gasteiger partial charge in [-0.25, -0.2) is 0 Å². The molecule has 1 unspecified atom stereocenters. The van der Waals surface area contributed by atoms with Crippen LogP contribution in [0.1, 0.15) is 38.2 Å². The number of aromatic amines is 1. The fraction of sp³-hybridized carbons (Fsp3) is 0.412. The topological polar surface area (TPSA) is 71.0 Å². The van der Waals surface area contributed by atoms with Crippen molar-refractivity contribution in [2.24, 2.45) is 0 Å². The SMILES string of the molecule is CCCNC1CC=C(c2c[nH]c3cc([N+](=O)[O-])ccc23)CC1. The number of nitrogens with one attached hydrogen (secondary N) is 2. The second-order valence-corrected chi connectivity index (χ2v) is 5.84. The molecule has 0 fully saturated rings. The molecule has 0 bridgehead atoms. The molecule has 1 atom stereocenters. The highest BCUT2D eigenvalue weighted by Gasteiger charge is 2.17. The molecule has 5 heteroatoms. The molecule has 1 aliphatic rings. The van der Waals surface area contributed by atoms with Crippen LogP contribution in [0.25, 0.3) is 16.5 Å². The summed E-state index contributed by atoms with van der Waals surface area (Å²) in [6, 6.07) is 5.61. The first-order chi connectivity index (χ1) is 10.7. The zero-order chi connectivity index (χ0) is 15.5. The van der Waals surface area contributed by atoms with Gasteiger partial charge in [-0.15, -0.1) is 0 Å². The Bertz CT molecular complexity index is 718. The lowest BCUT2D eigenvalue weighted by atomic mass is 9.90. The predicted molar refractivity (Wildman–Crippen MR) is 88.9 cm³/mol. The number of hydrogen-bond acceptors (Lipinski definition) is 3. The normalized spacial score (nSPS) is 18.4. The number of nitro benzene ring substituents is 1. The smallest absolute Gasteiger partial charge is 0.271 e. The first-order valence-corrected chi connectivity index (χ1v) is 7.87. The van der Waals surface area contributed by atoms with E-state index in [9.17, 15) is 10.1 Å². The fourth-order valence-corrected chi connectivity index (χ4v) is 3.11. The minimum Gasteiger partial charge on any atom is -0.360 e. The molecule has 1 heterocycles. The van der Waals surface area contributed by atoms with Gasteiger partial charge in [0.1, 0.15) is 0 Å². The van der Waals surface area contributed by atoms with Crippen LogP contribution in [0.5, 0.6) is 0 Å². The predicted octanol–water partition coefficient (Wildman–Crippen LogP) is 4.01. The number of nitrogens with zero attached hydrogens (tertiary/aromatic N) is 1. The molecule has 0 saturated heterocycles. The van der Waals surface area contributed by atoms with Gasteiger partial charge in [-0.1, -0.05) is 13.0 Å². The molecule has 1 aromatic heterocycles. The molecular formula is C17H21N3O2. The van der Waals surface area contributed by atoms with Gasteiger partial charge < -0.3 is 10.3 Å². The Balaban J connectivity index is 1.82. The monoisotopic (exact) mass is 299 g/mol. The van der Waals surface area contributed by atoms with Crippen LogP contribution in [0.3, 0.4) is 0 Å². The molecule has 1 aliphatic carbocycles. The van der Waals surface area contributed by atoms with E-state index in [1.54, 1.807) is 12.1 Å². The summed E-state index contributed by atoms with van der Waals surface area (Å²) in [5.41, 5.74) is 3.48. The average Bonchev–Trinajstić information content (AvgIpc) is 2.96. The van der Waals surface area contributed by atoms with Gasteiger partial charge in [-0.2, -0.15) is 0 Å². The van der Waals surface area contributed by atoms with Gasteiger partial charge in [0.15, 0.2) is 0 Å². The zero-order valence-electron chi connectivity index (χ0n) is 12.8. The lowest BCUT2D eigenvalue weighted by molar-refractivity contribution is -0.384. The van der Waals surface area contributed by atoms with E-state index in [2.05, 4.69) is 23.3 Å². The van der Waals surface area contributed by atoms with Crippen LogP contribution in [-0.2, 0) is 0 Å². The molecule has 0 amide bonds. The number of allylic oxidation sites excluding steroid dienone is 1. The number of H-pyrrole nitrogens is 1. The third-order valence-corrected chi connectivity index (χ3v) is 4.32. The number of aromatic nitrogens is 1. The minimum atomic E-state index is -0.357.